The molecule has 0 bridgehead atoms. The Balaban J connectivity index is 2.57. The lowest BCUT2D eigenvalue weighted by Crippen LogP contribution is -2.43. The van der Waals surface area contributed by atoms with Gasteiger partial charge in [-0.2, -0.15) is 0 Å². The second kappa shape index (κ2) is 6.73. The summed E-state index contributed by atoms with van der Waals surface area (Å²) >= 11 is 0. The Labute approximate surface area is 108 Å². The first kappa shape index (κ1) is 15.0. The second-order valence-corrected chi connectivity index (χ2v) is 5.15. The highest BCUT2D eigenvalue weighted by molar-refractivity contribution is 5.80. The van der Waals surface area contributed by atoms with Crippen LogP contribution in [0.5, 0.6) is 0 Å². The Hall–Kier alpha value is -1.10. The van der Waals surface area contributed by atoms with Crippen LogP contribution in [0.15, 0.2) is 0 Å². The van der Waals surface area contributed by atoms with Gasteiger partial charge in [0.05, 0.1) is 18.6 Å². The summed E-state index contributed by atoms with van der Waals surface area (Å²) in [4.78, 5) is 24.9. The molecule has 0 aliphatic heterocycles. The monoisotopic (exact) mass is 257 g/mol. The molecule has 1 amide bonds. The van der Waals surface area contributed by atoms with Gasteiger partial charge in [0.25, 0.3) is 0 Å². The molecule has 3 atom stereocenters. The minimum atomic E-state index is -0.778. The summed E-state index contributed by atoms with van der Waals surface area (Å²) < 4.78 is 5.03. The molecule has 104 valence electrons. The van der Waals surface area contributed by atoms with Gasteiger partial charge in [-0.15, -0.1) is 0 Å². The van der Waals surface area contributed by atoms with Crippen LogP contribution in [0.4, 0.5) is 0 Å². The fourth-order valence-corrected chi connectivity index (χ4v) is 2.50. The number of likely N-dealkylation sites (N-methyl/N-ethyl adjacent to an activating group) is 1. The second-order valence-electron chi connectivity index (χ2n) is 5.15. The van der Waals surface area contributed by atoms with Gasteiger partial charge in [0.15, 0.2) is 0 Å². The van der Waals surface area contributed by atoms with Crippen LogP contribution < -0.4 is 0 Å². The van der Waals surface area contributed by atoms with Crippen LogP contribution in [-0.2, 0) is 14.3 Å². The van der Waals surface area contributed by atoms with Crippen LogP contribution in [0.2, 0.25) is 0 Å². The smallest absolute Gasteiger partial charge is 0.306 e. The number of carboxylic acids is 1. The highest BCUT2D eigenvalue weighted by atomic mass is 16.5. The molecule has 5 heteroatoms. The van der Waals surface area contributed by atoms with E-state index in [0.717, 1.165) is 12.8 Å². The zero-order chi connectivity index (χ0) is 13.7. The molecule has 1 N–H and O–H groups in total. The third kappa shape index (κ3) is 3.70. The molecule has 0 radical (unpaired) electrons. The first-order chi connectivity index (χ1) is 8.47. The molecule has 1 aliphatic rings. The van der Waals surface area contributed by atoms with Gasteiger partial charge in [-0.05, 0) is 26.2 Å². The summed E-state index contributed by atoms with van der Waals surface area (Å²) in [7, 11) is 3.37. The van der Waals surface area contributed by atoms with Crippen LogP contribution in [0, 0.1) is 11.8 Å². The molecule has 0 unspecified atom stereocenters. The molecule has 18 heavy (non-hydrogen) atoms. The lowest BCUT2D eigenvalue weighted by atomic mass is 9.80. The summed E-state index contributed by atoms with van der Waals surface area (Å²) in [5, 5.41) is 9.02. The van der Waals surface area contributed by atoms with Crippen molar-refractivity contribution in [3.8, 4) is 0 Å². The molecule has 0 aromatic heterocycles. The first-order valence-corrected chi connectivity index (χ1v) is 6.45. The molecule has 0 aromatic rings. The van der Waals surface area contributed by atoms with Crippen molar-refractivity contribution in [3.05, 3.63) is 0 Å². The SMILES string of the molecule is COC[C@H](C)N(C)C(=O)[C@@H]1CCC[C@H](C(=O)O)C1. The number of hydrogen-bond acceptors (Lipinski definition) is 3. The van der Waals surface area contributed by atoms with Crippen molar-refractivity contribution in [3.63, 3.8) is 0 Å². The van der Waals surface area contributed by atoms with Gasteiger partial charge in [-0.25, -0.2) is 0 Å². The van der Waals surface area contributed by atoms with Gasteiger partial charge < -0.3 is 14.7 Å². The lowest BCUT2D eigenvalue weighted by molar-refractivity contribution is -0.145. The van der Waals surface area contributed by atoms with Gasteiger partial charge >= 0.3 is 5.97 Å². The van der Waals surface area contributed by atoms with Gasteiger partial charge in [0, 0.05) is 20.1 Å². The van der Waals surface area contributed by atoms with Gasteiger partial charge in [0.1, 0.15) is 0 Å². The van der Waals surface area contributed by atoms with E-state index in [1.807, 2.05) is 6.92 Å². The molecule has 1 fully saturated rings. The van der Waals surface area contributed by atoms with Crippen LogP contribution in [0.3, 0.4) is 0 Å². The Morgan fingerprint density at radius 2 is 2.00 bits per heavy atom. The normalized spacial score (nSPS) is 25.5. The summed E-state index contributed by atoms with van der Waals surface area (Å²) in [6.45, 7) is 2.43. The number of carboxylic acid groups (broad SMARTS) is 1. The van der Waals surface area contributed by atoms with Crippen molar-refractivity contribution in [2.24, 2.45) is 11.8 Å². The van der Waals surface area contributed by atoms with E-state index in [9.17, 15) is 9.59 Å². The number of rotatable bonds is 5. The third-order valence-corrected chi connectivity index (χ3v) is 3.79. The fourth-order valence-electron chi connectivity index (χ4n) is 2.50. The number of ether oxygens (including phenoxy) is 1. The Morgan fingerprint density at radius 3 is 2.56 bits per heavy atom. The zero-order valence-electron chi connectivity index (χ0n) is 11.4. The van der Waals surface area contributed by atoms with Crippen molar-refractivity contribution in [1.29, 1.82) is 0 Å². The molecule has 1 saturated carbocycles. The van der Waals surface area contributed by atoms with Crippen LogP contribution in [0.1, 0.15) is 32.6 Å². The van der Waals surface area contributed by atoms with E-state index in [1.54, 1.807) is 19.1 Å². The molecule has 0 spiro atoms. The lowest BCUT2D eigenvalue weighted by Gasteiger charge is -2.32. The van der Waals surface area contributed by atoms with E-state index < -0.39 is 5.97 Å². The highest BCUT2D eigenvalue weighted by Gasteiger charge is 2.33. The maximum atomic E-state index is 12.3. The zero-order valence-corrected chi connectivity index (χ0v) is 11.4. The predicted octanol–water partition coefficient (Wildman–Crippen LogP) is 1.37. The molecule has 5 nitrogen and oxygen atoms in total. The number of methoxy groups -OCH3 is 1. The van der Waals surface area contributed by atoms with E-state index in [-0.39, 0.29) is 23.8 Å². The van der Waals surface area contributed by atoms with Crippen LogP contribution >= 0.6 is 0 Å². The topological polar surface area (TPSA) is 66.8 Å². The van der Waals surface area contributed by atoms with E-state index in [0.29, 0.717) is 19.4 Å². The highest BCUT2D eigenvalue weighted by Crippen LogP contribution is 2.30. The van der Waals surface area contributed by atoms with E-state index in [1.165, 1.54) is 0 Å². The standard InChI is InChI=1S/C13H23NO4/c1-9(8-18-3)14(2)12(15)10-5-4-6-11(7-10)13(16)17/h9-11H,4-8H2,1-3H3,(H,16,17)/t9-,10+,11-/m0/s1. The maximum absolute atomic E-state index is 12.3. The fraction of sp³-hybridized carbons (Fsp3) is 0.846. The van der Waals surface area contributed by atoms with Crippen molar-refractivity contribution in [1.82, 2.24) is 4.90 Å². The minimum absolute atomic E-state index is 0.0210. The molecule has 1 rings (SSSR count). The summed E-state index contributed by atoms with van der Waals surface area (Å²) in [5.41, 5.74) is 0. The third-order valence-electron chi connectivity index (χ3n) is 3.79. The van der Waals surface area contributed by atoms with Gasteiger partial charge in [-0.3, -0.25) is 9.59 Å². The molecule has 0 aromatic carbocycles. The molecule has 0 heterocycles. The molecular formula is C13H23NO4. The van der Waals surface area contributed by atoms with E-state index >= 15 is 0 Å². The van der Waals surface area contributed by atoms with Gasteiger partial charge in [0.2, 0.25) is 5.91 Å². The molecule has 0 saturated heterocycles. The van der Waals surface area contributed by atoms with Gasteiger partial charge in [-0.1, -0.05) is 6.42 Å². The van der Waals surface area contributed by atoms with Crippen LogP contribution in [0.25, 0.3) is 0 Å². The maximum Gasteiger partial charge on any atom is 0.306 e. The number of carbonyl (C=O) groups is 2. The quantitative estimate of drug-likeness (QED) is 0.807. The Bertz CT molecular complexity index is 305. The molecule has 1 aliphatic carbocycles. The number of aliphatic carboxylic acids is 1. The summed E-state index contributed by atoms with van der Waals surface area (Å²) in [6.07, 6.45) is 2.78. The number of amides is 1. The van der Waals surface area contributed by atoms with Crippen molar-refractivity contribution >= 4 is 11.9 Å². The van der Waals surface area contributed by atoms with E-state index in [2.05, 4.69) is 0 Å². The number of carbonyl (C=O) groups excluding carboxylic acids is 1. The van der Waals surface area contributed by atoms with Crippen LogP contribution in [-0.4, -0.2) is 48.7 Å². The predicted molar refractivity (Wildman–Crippen MR) is 67.2 cm³/mol. The molecular weight excluding hydrogens is 234 g/mol. The first-order valence-electron chi connectivity index (χ1n) is 6.45. The average molecular weight is 257 g/mol. The summed E-state index contributed by atoms with van der Waals surface area (Å²) in [6, 6.07) is 0.0210. The average Bonchev–Trinajstić information content (AvgIpc) is 2.37. The Morgan fingerprint density at radius 1 is 1.39 bits per heavy atom. The van der Waals surface area contributed by atoms with E-state index in [4.69, 9.17) is 9.84 Å². The van der Waals surface area contributed by atoms with Crippen molar-refractivity contribution in [2.75, 3.05) is 20.8 Å². The largest absolute Gasteiger partial charge is 0.481 e. The summed E-state index contributed by atoms with van der Waals surface area (Å²) in [5.74, 6) is -1.24. The number of hydrogen-bond donors (Lipinski definition) is 1. The minimum Gasteiger partial charge on any atom is -0.481 e. The number of nitrogens with zero attached hydrogens (tertiary/aromatic N) is 1. The van der Waals surface area contributed by atoms with Crippen molar-refractivity contribution < 1.29 is 19.4 Å². The van der Waals surface area contributed by atoms with Crippen molar-refractivity contribution in [2.45, 2.75) is 38.6 Å². The Kier molecular flexibility index (Phi) is 5.59.